The lowest BCUT2D eigenvalue weighted by Gasteiger charge is -2.32. The fourth-order valence-corrected chi connectivity index (χ4v) is 6.65. The van der Waals surface area contributed by atoms with E-state index in [0.717, 1.165) is 4.90 Å². The first-order valence-corrected chi connectivity index (χ1v) is 11.7. The summed E-state index contributed by atoms with van der Waals surface area (Å²) in [5.74, 6) is -2.04. The van der Waals surface area contributed by atoms with Crippen LogP contribution in [0.25, 0.3) is 0 Å². The Morgan fingerprint density at radius 3 is 2.26 bits per heavy atom. The number of rotatable bonds is 3. The van der Waals surface area contributed by atoms with Gasteiger partial charge in [0.05, 0.1) is 12.2 Å². The zero-order valence-corrected chi connectivity index (χ0v) is 17.8. The molecule has 0 bridgehead atoms. The summed E-state index contributed by atoms with van der Waals surface area (Å²) in [5.41, 5.74) is 1.77. The van der Waals surface area contributed by atoms with Crippen molar-refractivity contribution in [2.24, 2.45) is 0 Å². The van der Waals surface area contributed by atoms with E-state index in [1.807, 2.05) is 0 Å². The zero-order valence-electron chi connectivity index (χ0n) is 16.2. The lowest BCUT2D eigenvalue weighted by atomic mass is 10.0. The van der Waals surface area contributed by atoms with Crippen LogP contribution in [0.15, 0.2) is 78.9 Å². The number of nitrogens with zero attached hydrogens (tertiary/aromatic N) is 2. The first-order chi connectivity index (χ1) is 14.9. The second-order valence-electron chi connectivity index (χ2n) is 7.47. The first-order valence-electron chi connectivity index (χ1n) is 9.63. The summed E-state index contributed by atoms with van der Waals surface area (Å²) < 4.78 is 27.0. The minimum absolute atomic E-state index is 0.0869. The fourth-order valence-electron chi connectivity index (χ4n) is 4.42. The molecule has 1 spiro atoms. The number of para-hydroxylation sites is 2. The van der Waals surface area contributed by atoms with E-state index >= 15 is 0 Å². The van der Waals surface area contributed by atoms with Crippen LogP contribution in [-0.2, 0) is 30.8 Å². The number of halogens is 1. The summed E-state index contributed by atoms with van der Waals surface area (Å²) in [7, 11) is -4.18. The van der Waals surface area contributed by atoms with Gasteiger partial charge in [-0.25, -0.2) is 8.42 Å². The Balaban J connectivity index is 1.75. The molecule has 0 aromatic heterocycles. The normalized spacial score (nSPS) is 21.7. The number of sulfone groups is 1. The van der Waals surface area contributed by atoms with E-state index in [9.17, 15) is 18.0 Å². The molecule has 1 saturated heterocycles. The second kappa shape index (κ2) is 6.93. The number of hydrogen-bond donors (Lipinski definition) is 0. The van der Waals surface area contributed by atoms with Crippen LogP contribution in [0.4, 0.5) is 11.4 Å². The predicted molar refractivity (Wildman–Crippen MR) is 118 cm³/mol. The fraction of sp³-hybridized carbons (Fsp3) is 0.130. The van der Waals surface area contributed by atoms with Crippen molar-refractivity contribution in [2.75, 3.05) is 15.6 Å². The van der Waals surface area contributed by atoms with Crippen LogP contribution in [0.2, 0.25) is 5.02 Å². The molecule has 31 heavy (non-hydrogen) atoms. The highest BCUT2D eigenvalue weighted by Crippen LogP contribution is 2.52. The lowest BCUT2D eigenvalue weighted by Crippen LogP contribution is -2.54. The number of carbonyl (C=O) groups is 2. The van der Waals surface area contributed by atoms with Gasteiger partial charge < -0.3 is 4.90 Å². The lowest BCUT2D eigenvalue weighted by molar-refractivity contribution is -0.123. The topological polar surface area (TPSA) is 74.8 Å². The van der Waals surface area contributed by atoms with Gasteiger partial charge in [-0.15, -0.1) is 0 Å². The van der Waals surface area contributed by atoms with Gasteiger partial charge in [-0.1, -0.05) is 66.2 Å². The maximum absolute atomic E-state index is 14.0. The molecule has 2 amide bonds. The third kappa shape index (κ3) is 2.66. The van der Waals surface area contributed by atoms with E-state index < -0.39 is 32.3 Å². The van der Waals surface area contributed by atoms with E-state index in [2.05, 4.69) is 0 Å². The van der Waals surface area contributed by atoms with Crippen molar-refractivity contribution < 1.29 is 18.0 Å². The molecule has 1 atom stereocenters. The number of fused-ring (bicyclic) bond motifs is 2. The first kappa shape index (κ1) is 19.8. The monoisotopic (exact) mass is 452 g/mol. The Hall–Kier alpha value is -3.16. The molecule has 1 unspecified atom stereocenters. The molecule has 2 heterocycles. The maximum atomic E-state index is 14.0. The average molecular weight is 453 g/mol. The summed E-state index contributed by atoms with van der Waals surface area (Å²) in [6.07, 6.45) is 0. The highest BCUT2D eigenvalue weighted by Gasteiger charge is 2.69. The van der Waals surface area contributed by atoms with Crippen molar-refractivity contribution >= 4 is 44.6 Å². The van der Waals surface area contributed by atoms with E-state index in [-0.39, 0.29) is 12.1 Å². The van der Waals surface area contributed by atoms with Gasteiger partial charge in [-0.05, 0) is 29.8 Å². The van der Waals surface area contributed by atoms with Crippen LogP contribution in [0, 0.1) is 0 Å². The molecular formula is C23H17ClN2O4S. The Morgan fingerprint density at radius 2 is 1.52 bits per heavy atom. The van der Waals surface area contributed by atoms with Crippen LogP contribution in [-0.4, -0.2) is 26.0 Å². The molecule has 2 aliphatic heterocycles. The quantitative estimate of drug-likeness (QED) is 0.609. The zero-order chi connectivity index (χ0) is 21.8. The Morgan fingerprint density at radius 1 is 0.871 bits per heavy atom. The third-order valence-electron chi connectivity index (χ3n) is 5.72. The van der Waals surface area contributed by atoms with Crippen LogP contribution in [0.1, 0.15) is 11.1 Å². The summed E-state index contributed by atoms with van der Waals surface area (Å²) in [5, 5.41) is 0.471. The molecule has 156 valence electrons. The van der Waals surface area contributed by atoms with Crippen LogP contribution in [0.5, 0.6) is 0 Å². The summed E-state index contributed by atoms with van der Waals surface area (Å²) >= 11 is 6.31. The minimum atomic E-state index is -4.18. The molecule has 6 nitrogen and oxygen atoms in total. The Bertz CT molecular complexity index is 1330. The number of hydrogen-bond acceptors (Lipinski definition) is 4. The number of amides is 2. The average Bonchev–Trinajstić information content (AvgIpc) is 3.13. The molecule has 0 radical (unpaired) electrons. The number of benzene rings is 3. The smallest absolute Gasteiger partial charge is 0.274 e. The summed E-state index contributed by atoms with van der Waals surface area (Å²) in [4.78, 5) is 27.3. The molecule has 2 aliphatic rings. The maximum Gasteiger partial charge on any atom is 0.274 e. The van der Waals surface area contributed by atoms with Gasteiger partial charge in [-0.3, -0.25) is 14.5 Å². The molecule has 0 N–H and O–H groups in total. The van der Waals surface area contributed by atoms with Gasteiger partial charge in [0, 0.05) is 16.3 Å². The van der Waals surface area contributed by atoms with E-state index in [4.69, 9.17) is 11.6 Å². The van der Waals surface area contributed by atoms with Gasteiger partial charge in [-0.2, -0.15) is 0 Å². The van der Waals surface area contributed by atoms with Crippen LogP contribution >= 0.6 is 11.6 Å². The standard InChI is InChI=1S/C23H17ClN2O4S/c24-19-12-6-4-8-16(19)14-25-20-13-7-5-11-18(20)23(22(25)28)26(17-9-2-1-3-10-17)21(27)15-31(23,29)30/h1-13H,14-15H2. The molecular weight excluding hydrogens is 436 g/mol. The van der Waals surface area contributed by atoms with Crippen molar-refractivity contribution in [1.82, 2.24) is 0 Å². The molecule has 0 saturated carbocycles. The van der Waals surface area contributed by atoms with Gasteiger partial charge in [0.25, 0.3) is 10.8 Å². The number of carbonyl (C=O) groups excluding carboxylic acids is 2. The van der Waals surface area contributed by atoms with E-state index in [1.165, 1.54) is 4.90 Å². The summed E-state index contributed by atoms with van der Waals surface area (Å²) in [6, 6.07) is 22.2. The van der Waals surface area contributed by atoms with Gasteiger partial charge in [0.15, 0.2) is 9.84 Å². The van der Waals surface area contributed by atoms with Crippen molar-refractivity contribution in [1.29, 1.82) is 0 Å². The van der Waals surface area contributed by atoms with Crippen molar-refractivity contribution in [3.8, 4) is 0 Å². The molecule has 0 aliphatic carbocycles. The third-order valence-corrected chi connectivity index (χ3v) is 8.20. The Labute approximate surface area is 184 Å². The molecule has 3 aromatic rings. The highest BCUT2D eigenvalue weighted by atomic mass is 35.5. The molecule has 8 heteroatoms. The molecule has 3 aromatic carbocycles. The van der Waals surface area contributed by atoms with Crippen LogP contribution < -0.4 is 9.80 Å². The highest BCUT2D eigenvalue weighted by molar-refractivity contribution is 7.94. The number of anilines is 2. The minimum Gasteiger partial charge on any atom is -0.304 e. The van der Waals surface area contributed by atoms with E-state index in [0.29, 0.717) is 22.0 Å². The van der Waals surface area contributed by atoms with E-state index in [1.54, 1.807) is 78.9 Å². The van der Waals surface area contributed by atoms with Gasteiger partial charge in [0.1, 0.15) is 5.75 Å². The van der Waals surface area contributed by atoms with Crippen LogP contribution in [0.3, 0.4) is 0 Å². The summed E-state index contributed by atoms with van der Waals surface area (Å²) in [6.45, 7) is 0.0869. The SMILES string of the molecule is O=C1CS(=O)(=O)C2(C(=O)N(Cc3ccccc3Cl)c3ccccc32)N1c1ccccc1. The second-order valence-corrected chi connectivity index (χ2v) is 9.98. The van der Waals surface area contributed by atoms with Gasteiger partial charge in [0.2, 0.25) is 5.91 Å². The van der Waals surface area contributed by atoms with Crippen molar-refractivity contribution in [3.63, 3.8) is 0 Å². The largest absolute Gasteiger partial charge is 0.304 e. The predicted octanol–water partition coefficient (Wildman–Crippen LogP) is 3.50. The molecule has 1 fully saturated rings. The van der Waals surface area contributed by atoms with Gasteiger partial charge >= 0.3 is 0 Å². The van der Waals surface area contributed by atoms with Crippen molar-refractivity contribution in [2.45, 2.75) is 11.4 Å². The van der Waals surface area contributed by atoms with Crippen molar-refractivity contribution in [3.05, 3.63) is 95.0 Å². The molecule has 5 rings (SSSR count). The Kier molecular flexibility index (Phi) is 4.42.